The molecule has 1 saturated heterocycles. The van der Waals surface area contributed by atoms with E-state index < -0.39 is 5.82 Å². The lowest BCUT2D eigenvalue weighted by atomic mass is 10.2. The van der Waals surface area contributed by atoms with Crippen LogP contribution < -0.4 is 0 Å². The Bertz CT molecular complexity index is 388. The third-order valence-electron chi connectivity index (χ3n) is 2.59. The van der Waals surface area contributed by atoms with Crippen molar-refractivity contribution in [3.63, 3.8) is 0 Å². The first-order chi connectivity index (χ1) is 7.18. The zero-order valence-electron chi connectivity index (χ0n) is 8.24. The monoisotopic (exact) mass is 225 g/mol. The predicted molar refractivity (Wildman–Crippen MR) is 58.8 cm³/mol. The summed E-state index contributed by atoms with van der Waals surface area (Å²) in [4.78, 5) is 13.9. The van der Waals surface area contributed by atoms with E-state index in [1.165, 1.54) is 18.2 Å². The minimum absolute atomic E-state index is 0.0252. The number of rotatable bonds is 1. The number of halogens is 1. The molecule has 1 aromatic carbocycles. The van der Waals surface area contributed by atoms with Crippen molar-refractivity contribution >= 4 is 18.5 Å². The SMILES string of the molecule is O=C(c1ccc(F)c(S)c1)N1CCCC1. The number of amides is 1. The van der Waals surface area contributed by atoms with Crippen molar-refractivity contribution in [2.75, 3.05) is 13.1 Å². The summed E-state index contributed by atoms with van der Waals surface area (Å²) in [5.74, 6) is -0.417. The van der Waals surface area contributed by atoms with E-state index in [9.17, 15) is 9.18 Å². The molecule has 0 N–H and O–H groups in total. The quantitative estimate of drug-likeness (QED) is 0.727. The van der Waals surface area contributed by atoms with Gasteiger partial charge in [0.15, 0.2) is 0 Å². The molecule has 0 spiro atoms. The number of hydrogen-bond acceptors (Lipinski definition) is 2. The van der Waals surface area contributed by atoms with Crippen LogP contribution in [0.4, 0.5) is 4.39 Å². The van der Waals surface area contributed by atoms with E-state index in [0.717, 1.165) is 25.9 Å². The molecule has 0 bridgehead atoms. The van der Waals surface area contributed by atoms with Gasteiger partial charge in [0.05, 0.1) is 0 Å². The number of carbonyl (C=O) groups excluding carboxylic acids is 1. The van der Waals surface area contributed by atoms with E-state index in [0.29, 0.717) is 5.56 Å². The van der Waals surface area contributed by atoms with Crippen molar-refractivity contribution in [3.05, 3.63) is 29.6 Å². The normalized spacial score (nSPS) is 15.7. The van der Waals surface area contributed by atoms with Crippen LogP contribution in [0.3, 0.4) is 0 Å². The van der Waals surface area contributed by atoms with Crippen LogP contribution in [0.2, 0.25) is 0 Å². The van der Waals surface area contributed by atoms with E-state index >= 15 is 0 Å². The lowest BCUT2D eigenvalue weighted by molar-refractivity contribution is 0.0792. The van der Waals surface area contributed by atoms with Gasteiger partial charge in [-0.05, 0) is 31.0 Å². The molecular weight excluding hydrogens is 213 g/mol. The topological polar surface area (TPSA) is 20.3 Å². The van der Waals surface area contributed by atoms with E-state index in [4.69, 9.17) is 0 Å². The summed E-state index contributed by atoms with van der Waals surface area (Å²) in [6.45, 7) is 1.61. The van der Waals surface area contributed by atoms with Crippen LogP contribution in [0.5, 0.6) is 0 Å². The summed E-state index contributed by atoms with van der Waals surface area (Å²) in [5.41, 5.74) is 0.517. The Morgan fingerprint density at radius 2 is 2.00 bits per heavy atom. The van der Waals surface area contributed by atoms with Gasteiger partial charge >= 0.3 is 0 Å². The molecule has 1 heterocycles. The highest BCUT2D eigenvalue weighted by atomic mass is 32.1. The van der Waals surface area contributed by atoms with Gasteiger partial charge in [0, 0.05) is 23.5 Å². The lowest BCUT2D eigenvalue weighted by Crippen LogP contribution is -2.27. The third-order valence-corrected chi connectivity index (χ3v) is 2.93. The molecule has 1 aliphatic heterocycles. The molecule has 4 heteroatoms. The van der Waals surface area contributed by atoms with Crippen molar-refractivity contribution in [1.82, 2.24) is 4.90 Å². The molecule has 0 aliphatic carbocycles. The van der Waals surface area contributed by atoms with Crippen LogP contribution >= 0.6 is 12.6 Å². The van der Waals surface area contributed by atoms with E-state index in [1.54, 1.807) is 4.90 Å². The van der Waals surface area contributed by atoms with Gasteiger partial charge in [-0.25, -0.2) is 4.39 Å². The second-order valence-corrected chi connectivity index (χ2v) is 4.15. The average molecular weight is 225 g/mol. The van der Waals surface area contributed by atoms with Crippen molar-refractivity contribution in [2.45, 2.75) is 17.7 Å². The van der Waals surface area contributed by atoms with Gasteiger partial charge in [0.2, 0.25) is 0 Å². The Balaban J connectivity index is 2.21. The fraction of sp³-hybridized carbons (Fsp3) is 0.364. The van der Waals surface area contributed by atoms with E-state index in [-0.39, 0.29) is 10.8 Å². The van der Waals surface area contributed by atoms with Gasteiger partial charge in [-0.2, -0.15) is 0 Å². The summed E-state index contributed by atoms with van der Waals surface area (Å²) in [6.07, 6.45) is 2.11. The lowest BCUT2D eigenvalue weighted by Gasteiger charge is -2.15. The standard InChI is InChI=1S/C11H12FNOS/c12-9-4-3-8(7-10(9)15)11(14)13-5-1-2-6-13/h3-4,7,15H,1-2,5-6H2. The summed E-state index contributed by atoms with van der Waals surface area (Å²) in [5, 5.41) is 0. The molecule has 0 unspecified atom stereocenters. The zero-order valence-corrected chi connectivity index (χ0v) is 9.14. The maximum atomic E-state index is 12.9. The Morgan fingerprint density at radius 1 is 1.33 bits per heavy atom. The van der Waals surface area contributed by atoms with Crippen LogP contribution in [-0.4, -0.2) is 23.9 Å². The number of nitrogens with zero attached hydrogens (tertiary/aromatic N) is 1. The van der Waals surface area contributed by atoms with Gasteiger partial charge in [0.1, 0.15) is 5.82 Å². The van der Waals surface area contributed by atoms with Gasteiger partial charge in [-0.1, -0.05) is 0 Å². The summed E-state index contributed by atoms with van der Waals surface area (Å²) >= 11 is 3.96. The number of hydrogen-bond donors (Lipinski definition) is 1. The molecule has 80 valence electrons. The van der Waals surface area contributed by atoms with Gasteiger partial charge in [-0.3, -0.25) is 4.79 Å². The molecule has 2 nitrogen and oxygen atoms in total. The number of likely N-dealkylation sites (tertiary alicyclic amines) is 1. The molecule has 1 aromatic rings. The molecule has 0 aromatic heterocycles. The van der Waals surface area contributed by atoms with Crippen molar-refractivity contribution in [1.29, 1.82) is 0 Å². The molecule has 2 rings (SSSR count). The summed E-state index contributed by atoms with van der Waals surface area (Å²) < 4.78 is 12.9. The first kappa shape index (κ1) is 10.5. The zero-order chi connectivity index (χ0) is 10.8. The molecule has 1 amide bonds. The molecule has 0 radical (unpaired) electrons. The molecule has 1 aliphatic rings. The molecule has 0 atom stereocenters. The van der Waals surface area contributed by atoms with Gasteiger partial charge < -0.3 is 4.90 Å². The number of thiol groups is 1. The van der Waals surface area contributed by atoms with Crippen LogP contribution in [-0.2, 0) is 0 Å². The van der Waals surface area contributed by atoms with Crippen LogP contribution in [0, 0.1) is 5.82 Å². The van der Waals surface area contributed by atoms with Crippen molar-refractivity contribution in [2.24, 2.45) is 0 Å². The maximum Gasteiger partial charge on any atom is 0.253 e. The largest absolute Gasteiger partial charge is 0.339 e. The molecular formula is C11H12FNOS. The van der Waals surface area contributed by atoms with Crippen LogP contribution in [0.1, 0.15) is 23.2 Å². The van der Waals surface area contributed by atoms with E-state index in [1.807, 2.05) is 0 Å². The second-order valence-electron chi connectivity index (χ2n) is 3.67. The Kier molecular flexibility index (Phi) is 2.95. The first-order valence-electron chi connectivity index (χ1n) is 4.96. The van der Waals surface area contributed by atoms with Gasteiger partial charge in [0.25, 0.3) is 5.91 Å². The second kappa shape index (κ2) is 4.23. The maximum absolute atomic E-state index is 12.9. The minimum atomic E-state index is -0.392. The van der Waals surface area contributed by atoms with E-state index in [2.05, 4.69) is 12.6 Å². The minimum Gasteiger partial charge on any atom is -0.339 e. The number of carbonyl (C=O) groups is 1. The smallest absolute Gasteiger partial charge is 0.253 e. The fourth-order valence-corrected chi connectivity index (χ4v) is 1.96. The third kappa shape index (κ3) is 2.15. The van der Waals surface area contributed by atoms with Crippen LogP contribution in [0.25, 0.3) is 0 Å². The average Bonchev–Trinajstić information content (AvgIpc) is 2.74. The molecule has 1 fully saturated rings. The highest BCUT2D eigenvalue weighted by molar-refractivity contribution is 7.80. The highest BCUT2D eigenvalue weighted by Gasteiger charge is 2.19. The summed E-state index contributed by atoms with van der Waals surface area (Å²) in [6, 6.07) is 4.28. The highest BCUT2D eigenvalue weighted by Crippen LogP contribution is 2.17. The molecule has 0 saturated carbocycles. The number of benzene rings is 1. The first-order valence-corrected chi connectivity index (χ1v) is 5.41. The van der Waals surface area contributed by atoms with Crippen LogP contribution in [0.15, 0.2) is 23.1 Å². The Hall–Kier alpha value is -1.03. The summed E-state index contributed by atoms with van der Waals surface area (Å²) in [7, 11) is 0. The van der Waals surface area contributed by atoms with Gasteiger partial charge in [-0.15, -0.1) is 12.6 Å². The predicted octanol–water partition coefficient (Wildman–Crippen LogP) is 2.35. The Morgan fingerprint density at radius 3 is 2.60 bits per heavy atom. The van der Waals surface area contributed by atoms with Crippen molar-refractivity contribution in [3.8, 4) is 0 Å². The fourth-order valence-electron chi connectivity index (χ4n) is 1.75. The van der Waals surface area contributed by atoms with Crippen molar-refractivity contribution < 1.29 is 9.18 Å². The molecule has 15 heavy (non-hydrogen) atoms. The Labute approximate surface area is 93.5 Å².